The molecule has 0 spiro atoms. The Morgan fingerprint density at radius 1 is 1.45 bits per heavy atom. The zero-order valence-electron chi connectivity index (χ0n) is 7.16. The first kappa shape index (κ1) is 9.95. The number of hydrogen-bond acceptors (Lipinski definition) is 1. The van der Waals surface area contributed by atoms with Gasteiger partial charge in [0.05, 0.1) is 0 Å². The highest BCUT2D eigenvalue weighted by Gasteiger charge is 1.95. The summed E-state index contributed by atoms with van der Waals surface area (Å²) in [6, 6.07) is 0. The molecule has 0 aliphatic carbocycles. The molecule has 0 saturated heterocycles. The lowest BCUT2D eigenvalue weighted by Gasteiger charge is -1.91. The third-order valence-electron chi connectivity index (χ3n) is 1.18. The summed E-state index contributed by atoms with van der Waals surface area (Å²) < 4.78 is 0. The Balaban J connectivity index is 4.02. The molecule has 11 heavy (non-hydrogen) atoms. The molecular weight excluding hydrogens is 140 g/mol. The van der Waals surface area contributed by atoms with E-state index in [0.717, 1.165) is 0 Å². The maximum absolute atomic E-state index is 10.3. The van der Waals surface area contributed by atoms with E-state index in [1.54, 1.807) is 19.1 Å². The van der Waals surface area contributed by atoms with Crippen molar-refractivity contribution in [2.24, 2.45) is 5.92 Å². The number of carboxylic acids is 1. The van der Waals surface area contributed by atoms with Gasteiger partial charge in [0.1, 0.15) is 0 Å². The van der Waals surface area contributed by atoms with Gasteiger partial charge in [0.25, 0.3) is 0 Å². The SMILES string of the molecule is C/C(=C\C=C\C(C)C)C(=O)O. The largest absolute Gasteiger partial charge is 0.478 e. The van der Waals surface area contributed by atoms with E-state index in [9.17, 15) is 4.79 Å². The van der Waals surface area contributed by atoms with Crippen LogP contribution in [0.25, 0.3) is 0 Å². The maximum atomic E-state index is 10.3. The van der Waals surface area contributed by atoms with Crippen LogP contribution in [0.3, 0.4) is 0 Å². The molecule has 62 valence electrons. The van der Waals surface area contributed by atoms with E-state index in [1.165, 1.54) is 0 Å². The number of carboxylic acid groups (broad SMARTS) is 1. The lowest BCUT2D eigenvalue weighted by Crippen LogP contribution is -1.94. The molecule has 0 aromatic heterocycles. The molecule has 0 rings (SSSR count). The molecule has 0 bridgehead atoms. The first-order valence-corrected chi connectivity index (χ1v) is 3.62. The molecule has 2 nitrogen and oxygen atoms in total. The van der Waals surface area contributed by atoms with Crippen molar-refractivity contribution in [3.8, 4) is 0 Å². The number of rotatable bonds is 3. The molecule has 0 unspecified atom stereocenters. The standard InChI is InChI=1S/C9H14O2/c1-7(2)5-4-6-8(3)9(10)11/h4-7H,1-3H3,(H,10,11)/b5-4+,8-6+. The molecule has 0 aromatic carbocycles. The number of carbonyl (C=O) groups is 1. The molecule has 0 heterocycles. The molecule has 0 amide bonds. The first-order chi connectivity index (χ1) is 5.04. The molecule has 0 aromatic rings. The summed E-state index contributed by atoms with van der Waals surface area (Å²) in [5.41, 5.74) is 0.363. The van der Waals surface area contributed by atoms with Crippen LogP contribution in [0.15, 0.2) is 23.8 Å². The van der Waals surface area contributed by atoms with Crippen LogP contribution < -0.4 is 0 Å². The minimum Gasteiger partial charge on any atom is -0.478 e. The second-order valence-electron chi connectivity index (χ2n) is 2.78. The normalized spacial score (nSPS) is 12.9. The molecule has 0 radical (unpaired) electrons. The van der Waals surface area contributed by atoms with Gasteiger partial charge in [-0.15, -0.1) is 0 Å². The predicted molar refractivity (Wildman–Crippen MR) is 45.4 cm³/mol. The summed E-state index contributed by atoms with van der Waals surface area (Å²) in [6.07, 6.45) is 5.32. The van der Waals surface area contributed by atoms with Gasteiger partial charge in [-0.3, -0.25) is 0 Å². The average Bonchev–Trinajstić information content (AvgIpc) is 1.86. The molecule has 0 atom stereocenters. The van der Waals surface area contributed by atoms with Crippen LogP contribution in [0.1, 0.15) is 20.8 Å². The van der Waals surface area contributed by atoms with Gasteiger partial charge in [-0.25, -0.2) is 4.79 Å². The van der Waals surface area contributed by atoms with E-state index in [4.69, 9.17) is 5.11 Å². The van der Waals surface area contributed by atoms with Crippen molar-refractivity contribution in [3.63, 3.8) is 0 Å². The summed E-state index contributed by atoms with van der Waals surface area (Å²) in [5.74, 6) is -0.397. The van der Waals surface area contributed by atoms with Crippen molar-refractivity contribution in [1.29, 1.82) is 0 Å². The van der Waals surface area contributed by atoms with Crippen LogP contribution in [0.2, 0.25) is 0 Å². The fourth-order valence-electron chi connectivity index (χ4n) is 0.493. The van der Waals surface area contributed by atoms with Crippen LogP contribution in [-0.2, 0) is 4.79 Å². The number of aliphatic carboxylic acids is 1. The first-order valence-electron chi connectivity index (χ1n) is 3.62. The van der Waals surface area contributed by atoms with Crippen LogP contribution in [-0.4, -0.2) is 11.1 Å². The Morgan fingerprint density at radius 2 is 2.00 bits per heavy atom. The van der Waals surface area contributed by atoms with Crippen molar-refractivity contribution in [2.75, 3.05) is 0 Å². The lowest BCUT2D eigenvalue weighted by molar-refractivity contribution is -0.132. The minimum absolute atomic E-state index is 0.363. The predicted octanol–water partition coefficient (Wildman–Crippen LogP) is 2.23. The van der Waals surface area contributed by atoms with Gasteiger partial charge < -0.3 is 5.11 Å². The van der Waals surface area contributed by atoms with Crippen molar-refractivity contribution in [3.05, 3.63) is 23.8 Å². The van der Waals surface area contributed by atoms with Gasteiger partial charge in [0, 0.05) is 5.57 Å². The van der Waals surface area contributed by atoms with Crippen LogP contribution >= 0.6 is 0 Å². The van der Waals surface area contributed by atoms with Crippen LogP contribution in [0, 0.1) is 5.92 Å². The second-order valence-corrected chi connectivity index (χ2v) is 2.78. The molecule has 0 aliphatic heterocycles. The summed E-state index contributed by atoms with van der Waals surface area (Å²) in [7, 11) is 0. The van der Waals surface area contributed by atoms with Gasteiger partial charge in [-0.1, -0.05) is 32.1 Å². The number of allylic oxidation sites excluding steroid dienone is 3. The van der Waals surface area contributed by atoms with Crippen molar-refractivity contribution < 1.29 is 9.90 Å². The lowest BCUT2D eigenvalue weighted by atomic mass is 10.2. The monoisotopic (exact) mass is 154 g/mol. The fraction of sp³-hybridized carbons (Fsp3) is 0.444. The molecule has 2 heteroatoms. The van der Waals surface area contributed by atoms with E-state index in [-0.39, 0.29) is 0 Å². The van der Waals surface area contributed by atoms with E-state index in [0.29, 0.717) is 11.5 Å². The van der Waals surface area contributed by atoms with E-state index in [1.807, 2.05) is 19.9 Å². The maximum Gasteiger partial charge on any atom is 0.331 e. The smallest absolute Gasteiger partial charge is 0.331 e. The van der Waals surface area contributed by atoms with E-state index < -0.39 is 5.97 Å². The highest BCUT2D eigenvalue weighted by molar-refractivity contribution is 5.86. The van der Waals surface area contributed by atoms with Crippen molar-refractivity contribution in [2.45, 2.75) is 20.8 Å². The summed E-state index contributed by atoms with van der Waals surface area (Å²) in [5, 5.41) is 8.45. The zero-order chi connectivity index (χ0) is 8.85. The highest BCUT2D eigenvalue weighted by Crippen LogP contribution is 1.97. The molecule has 0 fully saturated rings. The Hall–Kier alpha value is -1.05. The fourth-order valence-corrected chi connectivity index (χ4v) is 0.493. The van der Waals surface area contributed by atoms with Gasteiger partial charge in [0.15, 0.2) is 0 Å². The second kappa shape index (κ2) is 4.72. The average molecular weight is 154 g/mol. The summed E-state index contributed by atoms with van der Waals surface area (Å²) in [4.78, 5) is 10.3. The Kier molecular flexibility index (Phi) is 4.27. The number of hydrogen-bond donors (Lipinski definition) is 1. The third-order valence-corrected chi connectivity index (χ3v) is 1.18. The Labute approximate surface area is 67.2 Å². The molecule has 0 aliphatic rings. The molecular formula is C9H14O2. The van der Waals surface area contributed by atoms with Gasteiger partial charge >= 0.3 is 5.97 Å². The molecule has 0 saturated carbocycles. The highest BCUT2D eigenvalue weighted by atomic mass is 16.4. The molecule has 1 N–H and O–H groups in total. The summed E-state index contributed by atoms with van der Waals surface area (Å²) in [6.45, 7) is 5.66. The van der Waals surface area contributed by atoms with Gasteiger partial charge in [-0.2, -0.15) is 0 Å². The topological polar surface area (TPSA) is 37.3 Å². The summed E-state index contributed by atoms with van der Waals surface area (Å²) >= 11 is 0. The Bertz CT molecular complexity index is 188. The quantitative estimate of drug-likeness (QED) is 0.500. The van der Waals surface area contributed by atoms with Crippen LogP contribution in [0.5, 0.6) is 0 Å². The van der Waals surface area contributed by atoms with Crippen LogP contribution in [0.4, 0.5) is 0 Å². The third kappa shape index (κ3) is 5.40. The van der Waals surface area contributed by atoms with Crippen molar-refractivity contribution in [1.82, 2.24) is 0 Å². The minimum atomic E-state index is -0.863. The van der Waals surface area contributed by atoms with E-state index in [2.05, 4.69) is 0 Å². The van der Waals surface area contributed by atoms with E-state index >= 15 is 0 Å². The zero-order valence-corrected chi connectivity index (χ0v) is 7.16. The van der Waals surface area contributed by atoms with Gasteiger partial charge in [-0.05, 0) is 12.8 Å². The van der Waals surface area contributed by atoms with Crippen molar-refractivity contribution >= 4 is 5.97 Å². The van der Waals surface area contributed by atoms with Gasteiger partial charge in [0.2, 0.25) is 0 Å². The Morgan fingerprint density at radius 3 is 2.36 bits per heavy atom.